The second kappa shape index (κ2) is 6.93. The maximum absolute atomic E-state index is 6.01. The standard InChI is InChI=1S/C19H18ClN7O2/c1-26-19(29-13-5-3-4-12(20)7-13)24-18(25-26)23-17-11-6-14(17)27(9-11)15-8-16(28-2)22-10-21-15/h3-8,10-11,17H,9H2,1-2H3,(H,23,25). The zero-order chi connectivity index (χ0) is 20.0. The number of aromatic nitrogens is 5. The lowest BCUT2D eigenvalue weighted by Gasteiger charge is -2.27. The number of rotatable bonds is 6. The van der Waals surface area contributed by atoms with Crippen LogP contribution in [0.2, 0.25) is 5.02 Å². The molecular formula is C19H18ClN7O2. The molecule has 2 unspecified atom stereocenters. The molecule has 1 aromatic carbocycles. The third-order valence-electron chi connectivity index (χ3n) is 4.96. The molecule has 4 heterocycles. The van der Waals surface area contributed by atoms with Gasteiger partial charge in [0.1, 0.15) is 17.9 Å². The van der Waals surface area contributed by atoms with E-state index < -0.39 is 0 Å². The number of methoxy groups -OCH3 is 1. The first-order valence-corrected chi connectivity index (χ1v) is 9.45. The summed E-state index contributed by atoms with van der Waals surface area (Å²) in [5.41, 5.74) is 1.14. The van der Waals surface area contributed by atoms with Crippen LogP contribution in [0, 0.1) is 5.92 Å². The van der Waals surface area contributed by atoms with Crippen LogP contribution < -0.4 is 19.7 Å². The first-order valence-electron chi connectivity index (χ1n) is 9.07. The van der Waals surface area contributed by atoms with E-state index in [9.17, 15) is 0 Å². The van der Waals surface area contributed by atoms with E-state index in [1.54, 1.807) is 31.0 Å². The van der Waals surface area contributed by atoms with E-state index in [0.29, 0.717) is 34.5 Å². The van der Waals surface area contributed by atoms with Crippen LogP contribution in [-0.4, -0.2) is 44.4 Å². The van der Waals surface area contributed by atoms with E-state index in [2.05, 4.69) is 36.3 Å². The van der Waals surface area contributed by atoms with Crippen LogP contribution in [0.5, 0.6) is 17.6 Å². The quantitative estimate of drug-likeness (QED) is 0.662. The smallest absolute Gasteiger partial charge is 0.321 e. The fourth-order valence-corrected chi connectivity index (χ4v) is 3.72. The highest BCUT2D eigenvalue weighted by atomic mass is 35.5. The summed E-state index contributed by atoms with van der Waals surface area (Å²) in [6, 6.07) is 9.49. The van der Waals surface area contributed by atoms with Crippen LogP contribution in [0.25, 0.3) is 0 Å². The van der Waals surface area contributed by atoms with Crippen LogP contribution in [0.4, 0.5) is 11.8 Å². The Labute approximate surface area is 172 Å². The summed E-state index contributed by atoms with van der Waals surface area (Å²) >= 11 is 6.01. The van der Waals surface area contributed by atoms with Crippen molar-refractivity contribution in [3.63, 3.8) is 0 Å². The summed E-state index contributed by atoms with van der Waals surface area (Å²) in [4.78, 5) is 15.0. The molecule has 2 aliphatic heterocycles. The molecule has 1 N–H and O–H groups in total. The number of ether oxygens (including phenoxy) is 2. The minimum atomic E-state index is 0.123. The molecule has 1 fully saturated rings. The molecule has 2 bridgehead atoms. The van der Waals surface area contributed by atoms with E-state index in [4.69, 9.17) is 21.1 Å². The van der Waals surface area contributed by atoms with Crippen molar-refractivity contribution in [2.75, 3.05) is 23.9 Å². The molecule has 0 amide bonds. The monoisotopic (exact) mass is 411 g/mol. The molecule has 0 spiro atoms. The van der Waals surface area contributed by atoms with Crippen molar-refractivity contribution in [2.45, 2.75) is 6.04 Å². The zero-order valence-electron chi connectivity index (χ0n) is 15.8. The van der Waals surface area contributed by atoms with E-state index in [1.807, 2.05) is 18.2 Å². The van der Waals surface area contributed by atoms with Gasteiger partial charge < -0.3 is 19.7 Å². The first kappa shape index (κ1) is 17.7. The van der Waals surface area contributed by atoms with Gasteiger partial charge in [0.25, 0.3) is 0 Å². The van der Waals surface area contributed by atoms with Crippen molar-refractivity contribution in [3.05, 3.63) is 53.5 Å². The Balaban J connectivity index is 1.29. The summed E-state index contributed by atoms with van der Waals surface area (Å²) < 4.78 is 12.6. The second-order valence-corrected chi connectivity index (χ2v) is 7.24. The fraction of sp³-hybridized carbons (Fsp3) is 0.263. The Morgan fingerprint density at radius 3 is 2.97 bits per heavy atom. The van der Waals surface area contributed by atoms with Gasteiger partial charge in [-0.25, -0.2) is 14.6 Å². The summed E-state index contributed by atoms with van der Waals surface area (Å²) in [5.74, 6) is 2.82. The van der Waals surface area contributed by atoms with Crippen LogP contribution in [-0.2, 0) is 7.05 Å². The molecule has 0 radical (unpaired) electrons. The van der Waals surface area contributed by atoms with Gasteiger partial charge in [-0.15, -0.1) is 5.10 Å². The third kappa shape index (κ3) is 3.23. The lowest BCUT2D eigenvalue weighted by atomic mass is 9.91. The van der Waals surface area contributed by atoms with Crippen LogP contribution in [0.15, 0.2) is 48.4 Å². The molecule has 9 nitrogen and oxygen atoms in total. The molecule has 1 aliphatic carbocycles. The molecule has 148 valence electrons. The zero-order valence-corrected chi connectivity index (χ0v) is 16.5. The number of hydrogen-bond acceptors (Lipinski definition) is 8. The number of nitrogens with zero attached hydrogens (tertiary/aromatic N) is 6. The molecule has 10 heteroatoms. The average Bonchev–Trinajstić information content (AvgIpc) is 3.40. The minimum absolute atomic E-state index is 0.123. The van der Waals surface area contributed by atoms with Gasteiger partial charge in [-0.1, -0.05) is 23.7 Å². The summed E-state index contributed by atoms with van der Waals surface area (Å²) in [6.45, 7) is 0.839. The van der Waals surface area contributed by atoms with Crippen LogP contribution >= 0.6 is 11.6 Å². The molecule has 29 heavy (non-hydrogen) atoms. The molecule has 3 aliphatic rings. The van der Waals surface area contributed by atoms with E-state index in [0.717, 1.165) is 18.1 Å². The highest BCUT2D eigenvalue weighted by molar-refractivity contribution is 6.30. The van der Waals surface area contributed by atoms with Crippen molar-refractivity contribution < 1.29 is 9.47 Å². The maximum Gasteiger partial charge on any atom is 0.321 e. The van der Waals surface area contributed by atoms with Crippen LogP contribution in [0.1, 0.15) is 0 Å². The number of anilines is 2. The third-order valence-corrected chi connectivity index (χ3v) is 5.20. The van der Waals surface area contributed by atoms with Gasteiger partial charge in [0.2, 0.25) is 11.8 Å². The maximum atomic E-state index is 6.01. The molecule has 2 aromatic heterocycles. The number of aryl methyl sites for hydroxylation is 1. The average molecular weight is 412 g/mol. The highest BCUT2D eigenvalue weighted by Gasteiger charge is 2.45. The van der Waals surface area contributed by atoms with Crippen molar-refractivity contribution in [1.29, 1.82) is 0 Å². The molecule has 0 saturated carbocycles. The second-order valence-electron chi connectivity index (χ2n) is 6.81. The Hall–Kier alpha value is -3.33. The van der Waals surface area contributed by atoms with Gasteiger partial charge >= 0.3 is 6.01 Å². The van der Waals surface area contributed by atoms with Gasteiger partial charge in [0.15, 0.2) is 0 Å². The fourth-order valence-electron chi connectivity index (χ4n) is 3.54. The van der Waals surface area contributed by atoms with E-state index >= 15 is 0 Å². The normalized spacial score (nSPS) is 19.6. The van der Waals surface area contributed by atoms with Gasteiger partial charge in [-0.05, 0) is 18.2 Å². The topological polar surface area (TPSA) is 90.2 Å². The van der Waals surface area contributed by atoms with Gasteiger partial charge in [-0.3, -0.25) is 0 Å². The first-order chi connectivity index (χ1) is 14.1. The van der Waals surface area contributed by atoms with E-state index in [1.165, 1.54) is 6.33 Å². The lowest BCUT2D eigenvalue weighted by Crippen LogP contribution is -2.34. The summed E-state index contributed by atoms with van der Waals surface area (Å²) in [7, 11) is 3.38. The number of fused-ring (bicyclic) bond motifs is 1. The van der Waals surface area contributed by atoms with Gasteiger partial charge in [-0.2, -0.15) is 4.98 Å². The Kier molecular flexibility index (Phi) is 4.24. The Bertz CT molecular complexity index is 1100. The summed E-state index contributed by atoms with van der Waals surface area (Å²) in [6.07, 6.45) is 3.73. The predicted octanol–water partition coefficient (Wildman–Crippen LogP) is 2.87. The molecule has 3 aromatic rings. The van der Waals surface area contributed by atoms with Crippen molar-refractivity contribution >= 4 is 23.4 Å². The van der Waals surface area contributed by atoms with Crippen molar-refractivity contribution in [1.82, 2.24) is 24.7 Å². The van der Waals surface area contributed by atoms with Gasteiger partial charge in [0, 0.05) is 36.3 Å². The molecule has 2 atom stereocenters. The Morgan fingerprint density at radius 1 is 1.24 bits per heavy atom. The minimum Gasteiger partial charge on any atom is -0.481 e. The predicted molar refractivity (Wildman–Crippen MR) is 107 cm³/mol. The van der Waals surface area contributed by atoms with E-state index in [-0.39, 0.29) is 6.04 Å². The van der Waals surface area contributed by atoms with Crippen molar-refractivity contribution in [3.8, 4) is 17.6 Å². The molecular weight excluding hydrogens is 394 g/mol. The SMILES string of the molecule is COc1cc(N2CC3C=C2C3Nc2nc(Oc3cccc(Cl)c3)n(C)n2)ncn1. The number of halogens is 1. The summed E-state index contributed by atoms with van der Waals surface area (Å²) in [5, 5.41) is 8.41. The molecule has 1 saturated heterocycles. The largest absolute Gasteiger partial charge is 0.481 e. The Morgan fingerprint density at radius 2 is 2.14 bits per heavy atom. The lowest BCUT2D eigenvalue weighted by molar-refractivity contribution is 0.397. The highest BCUT2D eigenvalue weighted by Crippen LogP contribution is 2.42. The number of hydrogen-bond donors (Lipinski definition) is 1. The van der Waals surface area contributed by atoms with Crippen molar-refractivity contribution in [2.24, 2.45) is 13.0 Å². The number of nitrogens with one attached hydrogen (secondary N) is 1. The van der Waals surface area contributed by atoms with Gasteiger partial charge in [0.05, 0.1) is 13.2 Å². The number of benzene rings is 1. The molecule has 6 rings (SSSR count). The van der Waals surface area contributed by atoms with Crippen LogP contribution in [0.3, 0.4) is 0 Å².